The normalized spacial score (nSPS) is 12.6. The van der Waals surface area contributed by atoms with E-state index < -0.39 is 64.6 Å². The molecule has 7 nitrogen and oxygen atoms in total. The van der Waals surface area contributed by atoms with E-state index in [4.69, 9.17) is 15.0 Å². The third-order valence-electron chi connectivity index (χ3n) is 25.5. The molecule has 0 bridgehead atoms. The van der Waals surface area contributed by atoms with Crippen molar-refractivity contribution < 1.29 is 60.3 Å². The summed E-state index contributed by atoms with van der Waals surface area (Å²) in [6, 6.07) is 132. The Morgan fingerprint density at radius 2 is 0.544 bits per heavy atom. The van der Waals surface area contributed by atoms with Crippen LogP contribution < -0.4 is 62.2 Å². The topological polar surface area (TPSA) is 82.3 Å². The minimum Gasteiger partial charge on any atom is -0.381 e. The molecule has 0 amide bonds. The minimum atomic E-state index is -2.43. The van der Waals surface area contributed by atoms with E-state index in [1.807, 2.05) is 91.4 Å². The summed E-state index contributed by atoms with van der Waals surface area (Å²) in [6.07, 6.45) is 12.2. The first-order chi connectivity index (χ1) is 63.5. The van der Waals surface area contributed by atoms with Crippen molar-refractivity contribution in [3.05, 3.63) is 389 Å². The molecule has 0 unspecified atom stereocenters. The molecule has 9 heterocycles. The van der Waals surface area contributed by atoms with Crippen molar-refractivity contribution in [2.24, 2.45) is 0 Å². The van der Waals surface area contributed by atoms with Crippen LogP contribution in [-0.4, -0.2) is 99.1 Å². The van der Waals surface area contributed by atoms with Gasteiger partial charge in [0.15, 0.2) is 0 Å². The summed E-state index contributed by atoms with van der Waals surface area (Å²) in [5.74, 6) is 0. The van der Waals surface area contributed by atoms with Crippen molar-refractivity contribution in [3.8, 4) is 89.8 Å². The van der Waals surface area contributed by atoms with E-state index >= 15 is 0 Å². The molecule has 0 saturated carbocycles. The van der Waals surface area contributed by atoms with Crippen molar-refractivity contribution in [1.29, 1.82) is 0 Å². The molecule has 0 aliphatic carbocycles. The van der Waals surface area contributed by atoms with Crippen molar-refractivity contribution in [2.75, 3.05) is 0 Å². The largest absolute Gasteiger partial charge is 0.381 e. The maximum Gasteiger partial charge on any atom is 0.136 e. The maximum atomic E-state index is 4.86. The van der Waals surface area contributed by atoms with Crippen LogP contribution in [0.2, 0.25) is 131 Å². The van der Waals surface area contributed by atoms with Gasteiger partial charge in [-0.3, -0.25) is 0 Å². The molecule has 0 spiro atoms. The molecule has 0 saturated heterocycles. The predicted molar refractivity (Wildman–Crippen MR) is 592 cm³/mol. The summed E-state index contributed by atoms with van der Waals surface area (Å²) in [5, 5.41) is 19.7. The first kappa shape index (κ1) is 105. The third kappa shape index (κ3) is 23.8. The van der Waals surface area contributed by atoms with Gasteiger partial charge >= 0.3 is 0 Å². The van der Waals surface area contributed by atoms with Crippen LogP contribution in [-0.2, 0) is 66.9 Å². The summed E-state index contributed by atoms with van der Waals surface area (Å²) < 4.78 is 2.35. The van der Waals surface area contributed by atoms with E-state index in [1.165, 1.54) is 106 Å². The quantitative estimate of drug-likeness (QED) is 0.0751. The van der Waals surface area contributed by atoms with Gasteiger partial charge in [-0.15, -0.1) is 189 Å². The average Bonchev–Trinajstić information content (AvgIpc) is 1.53. The van der Waals surface area contributed by atoms with Crippen LogP contribution in [0.15, 0.2) is 353 Å². The zero-order chi connectivity index (χ0) is 94.3. The third-order valence-corrected chi connectivity index (χ3v) is 46.1. The monoisotopic (exact) mass is 2440 g/mol. The van der Waals surface area contributed by atoms with Gasteiger partial charge in [0.05, 0.1) is 56.5 Å². The molecule has 2 aliphatic heterocycles. The molecule has 136 heavy (non-hydrogen) atoms. The zero-order valence-electron chi connectivity index (χ0n) is 82.3. The van der Waals surface area contributed by atoms with Gasteiger partial charge in [-0.1, -0.05) is 363 Å². The molecule has 11 aromatic carbocycles. The molecule has 3 radical (unpaired) electrons. The first-order valence-electron chi connectivity index (χ1n) is 46.6. The molecule has 0 atom stereocenters. The minimum absolute atomic E-state index is 0. The Morgan fingerprint density at radius 3 is 0.882 bits per heavy atom. The summed E-state index contributed by atoms with van der Waals surface area (Å²) >= 11 is 0. The molecular formula is C118H123Ir3N7Si8-6. The Labute approximate surface area is 858 Å². The van der Waals surface area contributed by atoms with Crippen LogP contribution in [0.5, 0.6) is 0 Å². The fourth-order valence-electron chi connectivity index (χ4n) is 17.4. The SMILES string of the molecule is CCn1c2c[c-]c(-c3ccc([Si](C)(C)C)cn3)cc2c2ccccc21.C[Si](C)(C)c1ccc(-c2[c-]cc3c(c2)-c2ccccc2[Si]3(C)C)nc1.C[Si](C)(C)c1ccc(-c2[c-]cc3c(c2)-c2ccccc2[Si]3(c2ccccc2)c2ccccc2)nc1.C[Si](C)(C)c1ccc(-c2[c-]cccc2)nc1.C[Si](C)(C)c1ccc(-c2[c-]cccc2)nc1.C[Si](C)(C)c1ccc(-c2[c-]cccc2)nc1.[Ir].[Ir].[Ir]. The summed E-state index contributed by atoms with van der Waals surface area (Å²) in [6.45, 7) is 50.2. The number of nitrogens with zero attached hydrogens (tertiary/aromatic N) is 7. The molecule has 695 valence electrons. The second kappa shape index (κ2) is 44.3. The molecule has 7 aromatic heterocycles. The van der Waals surface area contributed by atoms with Crippen LogP contribution in [0.1, 0.15) is 6.92 Å². The van der Waals surface area contributed by atoms with Crippen LogP contribution >= 0.6 is 0 Å². The fraction of sp³-hybridized carbons (Fsp3) is 0.186. The number of rotatable bonds is 15. The number of para-hydroxylation sites is 1. The van der Waals surface area contributed by atoms with Gasteiger partial charge in [0.25, 0.3) is 0 Å². The smallest absolute Gasteiger partial charge is 0.136 e. The number of pyridine rings is 6. The van der Waals surface area contributed by atoms with Gasteiger partial charge in [-0.05, 0) is 105 Å². The zero-order valence-corrected chi connectivity index (χ0v) is 97.5. The molecule has 0 N–H and O–H groups in total. The van der Waals surface area contributed by atoms with E-state index in [0.717, 1.165) is 74.1 Å². The Balaban J connectivity index is 0.000000150. The van der Waals surface area contributed by atoms with E-state index in [9.17, 15) is 0 Å². The second-order valence-electron chi connectivity index (χ2n) is 41.4. The molecule has 0 fully saturated rings. The van der Waals surface area contributed by atoms with Crippen molar-refractivity contribution >= 4 is 149 Å². The number of fused-ring (bicyclic) bond motifs is 9. The summed E-state index contributed by atoms with van der Waals surface area (Å²) in [5.41, 5.74) is 20.4. The summed E-state index contributed by atoms with van der Waals surface area (Å²) in [7, 11) is -11.7. The maximum absolute atomic E-state index is 4.86. The van der Waals surface area contributed by atoms with Gasteiger partial charge in [-0.25, -0.2) is 0 Å². The van der Waals surface area contributed by atoms with Gasteiger partial charge in [0.2, 0.25) is 0 Å². The van der Waals surface area contributed by atoms with E-state index in [-0.39, 0.29) is 60.3 Å². The van der Waals surface area contributed by atoms with E-state index in [1.54, 1.807) is 0 Å². The Hall–Kier alpha value is -10.2. The number of aryl methyl sites for hydroxylation is 1. The van der Waals surface area contributed by atoms with Gasteiger partial charge in [0.1, 0.15) is 8.07 Å². The number of hydrogen-bond donors (Lipinski definition) is 0. The average molecular weight is 2440 g/mol. The number of hydrogen-bond acceptors (Lipinski definition) is 6. The summed E-state index contributed by atoms with van der Waals surface area (Å²) in [4.78, 5) is 27.9. The Kier molecular flexibility index (Phi) is 34.1. The predicted octanol–water partition coefficient (Wildman–Crippen LogP) is 22.8. The molecule has 18 aromatic rings. The first-order valence-corrected chi connectivity index (χ1v) is 72.6. The van der Waals surface area contributed by atoms with Crippen molar-refractivity contribution in [2.45, 2.75) is 144 Å². The number of aromatic nitrogens is 7. The number of benzene rings is 11. The Morgan fingerprint density at radius 1 is 0.250 bits per heavy atom. The van der Waals surface area contributed by atoms with Crippen molar-refractivity contribution in [3.63, 3.8) is 0 Å². The standard InChI is InChI=1S/C32H28NSi2.C22H23N2Si.C22H24NSi2.3C14H16NSi.3Ir/c1-34(2,3)27-19-20-30(33-23-27)24-18-21-32-29(22-24)28-16-10-11-17-31(28)35(32,25-12-6-4-7-13-25)26-14-8-5-9-15-26;1-5-24-21-9-7-6-8-18(21)19-14-16(10-13-22(19)24)20-12-11-17(15-23-20)25(2,3)4;1-24(2,3)17-11-12-20(23-15-17)16-10-13-22-19(14-16)18-8-6-7-9-21(18)25(22,4)5;3*1-16(2,3)13-9-10-14(15-11-13)12-7-5-4-6-8-12;;;/h4-17,19-23H,1-3H3;6-9,11-15H,5H2,1-4H3;6-9,11-15H,1-5H3;3*4-7,9-11H,1-3H3;;;/q6*-1;;;. The van der Waals surface area contributed by atoms with Crippen LogP contribution in [0.4, 0.5) is 0 Å². The van der Waals surface area contributed by atoms with Gasteiger partial charge in [0, 0.05) is 110 Å². The molecular weight excluding hydrogens is 2320 g/mol. The van der Waals surface area contributed by atoms with Crippen molar-refractivity contribution in [1.82, 2.24) is 34.5 Å². The van der Waals surface area contributed by atoms with Crippen LogP contribution in [0.3, 0.4) is 0 Å². The van der Waals surface area contributed by atoms with E-state index in [2.05, 4.69) is 455 Å². The van der Waals surface area contributed by atoms with Gasteiger partial charge in [-0.2, -0.15) is 0 Å². The van der Waals surface area contributed by atoms with Crippen LogP contribution in [0, 0.1) is 36.4 Å². The molecule has 18 heteroatoms. The fourth-order valence-corrected chi connectivity index (χ4v) is 31.8. The van der Waals surface area contributed by atoms with E-state index in [0.29, 0.717) is 0 Å². The molecule has 2 aliphatic rings. The van der Waals surface area contributed by atoms with Crippen LogP contribution in [0.25, 0.3) is 112 Å². The molecule has 20 rings (SSSR count). The second-order valence-corrected chi connectivity index (χ2v) is 79.9. The van der Waals surface area contributed by atoms with Gasteiger partial charge < -0.3 is 34.5 Å². The Bertz CT molecular complexity index is 6740.